The molecule has 0 radical (unpaired) electrons. The molecule has 4 nitrogen and oxygen atoms in total. The molecule has 2 N–H and O–H groups in total. The van der Waals surface area contributed by atoms with Crippen molar-refractivity contribution in [1.82, 2.24) is 9.55 Å². The number of ether oxygens (including phenoxy) is 1. The Hall–Kier alpha value is -1.60. The fourth-order valence-electron chi connectivity index (χ4n) is 2.04. The van der Waals surface area contributed by atoms with Crippen LogP contribution in [0, 0.1) is 0 Å². The molecule has 1 aromatic carbocycles. The van der Waals surface area contributed by atoms with Crippen LogP contribution in [0.15, 0.2) is 24.3 Å². The molecular weight excluding hydrogens is 271 g/mol. The number of nitrogens with zero attached hydrogens (tertiary/aromatic N) is 2. The van der Waals surface area contributed by atoms with Crippen molar-refractivity contribution in [3.05, 3.63) is 30.1 Å². The van der Waals surface area contributed by atoms with Crippen LogP contribution in [0.4, 0.5) is 13.2 Å². The van der Waals surface area contributed by atoms with E-state index in [1.807, 2.05) is 28.8 Å². The van der Waals surface area contributed by atoms with Crippen LogP contribution >= 0.6 is 0 Å². The van der Waals surface area contributed by atoms with Crippen molar-refractivity contribution in [1.29, 1.82) is 0 Å². The van der Waals surface area contributed by atoms with E-state index in [1.54, 1.807) is 0 Å². The van der Waals surface area contributed by atoms with E-state index in [9.17, 15) is 13.2 Å². The van der Waals surface area contributed by atoms with Crippen molar-refractivity contribution >= 4 is 11.0 Å². The number of rotatable bonds is 6. The first-order valence-corrected chi connectivity index (χ1v) is 6.30. The summed E-state index contributed by atoms with van der Waals surface area (Å²) in [4.78, 5) is 4.44. The van der Waals surface area contributed by atoms with Crippen molar-refractivity contribution in [2.45, 2.75) is 19.1 Å². The largest absolute Gasteiger partial charge is 0.411 e. The highest BCUT2D eigenvalue weighted by atomic mass is 19.4. The number of benzene rings is 1. The lowest BCUT2D eigenvalue weighted by Gasteiger charge is -2.10. The van der Waals surface area contributed by atoms with Crippen molar-refractivity contribution in [2.75, 3.05) is 19.8 Å². The van der Waals surface area contributed by atoms with Crippen LogP contribution in [0.3, 0.4) is 0 Å². The van der Waals surface area contributed by atoms with Gasteiger partial charge in [-0.25, -0.2) is 4.98 Å². The Balaban J connectivity index is 2.09. The van der Waals surface area contributed by atoms with Crippen LogP contribution in [0.2, 0.25) is 0 Å². The summed E-state index contributed by atoms with van der Waals surface area (Å²) in [7, 11) is 0. The number of aromatic nitrogens is 2. The van der Waals surface area contributed by atoms with Crippen molar-refractivity contribution in [3.63, 3.8) is 0 Å². The second-order valence-corrected chi connectivity index (χ2v) is 4.37. The van der Waals surface area contributed by atoms with Gasteiger partial charge in [-0.3, -0.25) is 0 Å². The van der Waals surface area contributed by atoms with E-state index in [2.05, 4.69) is 9.72 Å². The quantitative estimate of drug-likeness (QED) is 0.828. The normalized spacial score (nSPS) is 12.2. The van der Waals surface area contributed by atoms with Gasteiger partial charge in [0.05, 0.1) is 17.6 Å². The number of hydrogen-bond donors (Lipinski definition) is 1. The minimum absolute atomic E-state index is 0.0164. The number of fused-ring (bicyclic) bond motifs is 1. The molecule has 0 aliphatic heterocycles. The molecule has 110 valence electrons. The summed E-state index contributed by atoms with van der Waals surface area (Å²) in [6, 6.07) is 7.48. The molecule has 0 saturated carbocycles. The van der Waals surface area contributed by atoms with Gasteiger partial charge >= 0.3 is 6.18 Å². The molecule has 0 bridgehead atoms. The van der Waals surface area contributed by atoms with Gasteiger partial charge in [-0.05, 0) is 18.7 Å². The molecule has 0 aliphatic carbocycles. The SMILES string of the molecule is NCCc1nc2ccccc2n1CCOCC(F)(F)F. The molecule has 20 heavy (non-hydrogen) atoms. The summed E-state index contributed by atoms with van der Waals surface area (Å²) in [5, 5.41) is 0. The molecule has 1 heterocycles. The molecule has 0 amide bonds. The van der Waals surface area contributed by atoms with Gasteiger partial charge in [-0.2, -0.15) is 13.2 Å². The molecule has 1 aromatic heterocycles. The highest BCUT2D eigenvalue weighted by Crippen LogP contribution is 2.17. The van der Waals surface area contributed by atoms with Crippen LogP contribution in [0.1, 0.15) is 5.82 Å². The number of para-hydroxylation sites is 2. The van der Waals surface area contributed by atoms with Crippen LogP contribution < -0.4 is 5.73 Å². The van der Waals surface area contributed by atoms with E-state index < -0.39 is 12.8 Å². The Kier molecular flexibility index (Phi) is 4.61. The highest BCUT2D eigenvalue weighted by molar-refractivity contribution is 5.75. The van der Waals surface area contributed by atoms with Gasteiger partial charge < -0.3 is 15.0 Å². The number of hydrogen-bond acceptors (Lipinski definition) is 3. The summed E-state index contributed by atoms with van der Waals surface area (Å²) in [6.07, 6.45) is -3.72. The summed E-state index contributed by atoms with van der Waals surface area (Å²) >= 11 is 0. The topological polar surface area (TPSA) is 53.1 Å². The maximum absolute atomic E-state index is 12.0. The van der Waals surface area contributed by atoms with Gasteiger partial charge in [0, 0.05) is 13.0 Å². The van der Waals surface area contributed by atoms with Gasteiger partial charge in [0.2, 0.25) is 0 Å². The molecule has 0 unspecified atom stereocenters. The molecule has 2 aromatic rings. The van der Waals surface area contributed by atoms with E-state index in [-0.39, 0.29) is 6.61 Å². The Morgan fingerprint density at radius 2 is 2.00 bits per heavy atom. The molecule has 0 atom stereocenters. The third kappa shape index (κ3) is 3.71. The molecule has 0 saturated heterocycles. The first-order valence-electron chi connectivity index (χ1n) is 6.30. The number of halogens is 3. The van der Waals surface area contributed by atoms with Crippen LogP contribution in [-0.4, -0.2) is 35.5 Å². The Morgan fingerprint density at radius 3 is 2.70 bits per heavy atom. The van der Waals surface area contributed by atoms with Gasteiger partial charge in [-0.1, -0.05) is 12.1 Å². The van der Waals surface area contributed by atoms with E-state index in [1.165, 1.54) is 0 Å². The molecule has 0 aliphatic rings. The Labute approximate surface area is 114 Å². The standard InChI is InChI=1S/C13H16F3N3O/c14-13(15,16)9-20-8-7-19-11-4-2-1-3-10(11)18-12(19)5-6-17/h1-4H,5-9,17H2. The van der Waals surface area contributed by atoms with Gasteiger partial charge in [0.25, 0.3) is 0 Å². The van der Waals surface area contributed by atoms with Crippen LogP contribution in [0.5, 0.6) is 0 Å². The minimum atomic E-state index is -4.29. The predicted molar refractivity (Wildman–Crippen MR) is 69.4 cm³/mol. The molecule has 7 heteroatoms. The second kappa shape index (κ2) is 6.23. The van der Waals surface area contributed by atoms with E-state index in [0.29, 0.717) is 19.5 Å². The molecule has 0 fully saturated rings. The highest BCUT2D eigenvalue weighted by Gasteiger charge is 2.27. The summed E-state index contributed by atoms with van der Waals surface area (Å²) < 4.78 is 42.5. The summed E-state index contributed by atoms with van der Waals surface area (Å²) in [5.41, 5.74) is 7.22. The zero-order chi connectivity index (χ0) is 14.6. The average molecular weight is 287 g/mol. The number of nitrogens with two attached hydrogens (primary N) is 1. The average Bonchev–Trinajstić information content (AvgIpc) is 2.72. The van der Waals surface area contributed by atoms with E-state index >= 15 is 0 Å². The number of imidazole rings is 1. The monoisotopic (exact) mass is 287 g/mol. The summed E-state index contributed by atoms with van der Waals surface area (Å²) in [6.45, 7) is -0.484. The smallest absolute Gasteiger partial charge is 0.370 e. The molecular formula is C13H16F3N3O. The third-order valence-corrected chi connectivity index (χ3v) is 2.83. The maximum atomic E-state index is 12.0. The lowest BCUT2D eigenvalue weighted by Crippen LogP contribution is -2.20. The van der Waals surface area contributed by atoms with Gasteiger partial charge in [-0.15, -0.1) is 0 Å². The van der Waals surface area contributed by atoms with E-state index in [4.69, 9.17) is 5.73 Å². The first kappa shape index (κ1) is 14.8. The molecule has 2 rings (SSSR count). The lowest BCUT2D eigenvalue weighted by molar-refractivity contribution is -0.174. The van der Waals surface area contributed by atoms with Crippen LogP contribution in [0.25, 0.3) is 11.0 Å². The summed E-state index contributed by atoms with van der Waals surface area (Å²) in [5.74, 6) is 0.768. The van der Waals surface area contributed by atoms with Crippen molar-refractivity contribution in [2.24, 2.45) is 5.73 Å². The Morgan fingerprint density at radius 1 is 1.25 bits per heavy atom. The first-order chi connectivity index (χ1) is 9.51. The Bertz CT molecular complexity index is 565. The van der Waals surface area contributed by atoms with E-state index in [0.717, 1.165) is 16.9 Å². The zero-order valence-corrected chi connectivity index (χ0v) is 10.9. The van der Waals surface area contributed by atoms with Crippen LogP contribution in [-0.2, 0) is 17.7 Å². The molecule has 0 spiro atoms. The van der Waals surface area contributed by atoms with Gasteiger partial charge in [0.1, 0.15) is 12.4 Å². The maximum Gasteiger partial charge on any atom is 0.411 e. The third-order valence-electron chi connectivity index (χ3n) is 2.83. The predicted octanol–water partition coefficient (Wildman–Crippen LogP) is 2.12. The van der Waals surface area contributed by atoms with Crippen molar-refractivity contribution < 1.29 is 17.9 Å². The second-order valence-electron chi connectivity index (χ2n) is 4.37. The minimum Gasteiger partial charge on any atom is -0.370 e. The fraction of sp³-hybridized carbons (Fsp3) is 0.462. The van der Waals surface area contributed by atoms with Crippen molar-refractivity contribution in [3.8, 4) is 0 Å². The number of alkyl halides is 3. The zero-order valence-electron chi connectivity index (χ0n) is 10.9. The van der Waals surface area contributed by atoms with Gasteiger partial charge in [0.15, 0.2) is 0 Å². The lowest BCUT2D eigenvalue weighted by atomic mass is 10.3. The fourth-order valence-corrected chi connectivity index (χ4v) is 2.04.